The van der Waals surface area contributed by atoms with Crippen molar-refractivity contribution in [2.45, 2.75) is 38.1 Å². The molecule has 1 heterocycles. The summed E-state index contributed by atoms with van der Waals surface area (Å²) in [6.45, 7) is 5.02. The van der Waals surface area contributed by atoms with Crippen molar-refractivity contribution in [3.63, 3.8) is 0 Å². The molecule has 0 aromatic heterocycles. The molecule has 3 rings (SSSR count). The molecule has 2 fully saturated rings. The number of nitrogens with zero attached hydrogens (tertiary/aromatic N) is 1. The normalized spacial score (nSPS) is 32.9. The SMILES string of the molecule is CC1CCCN1C[C@H]1C[C@@H]1c1ccc(Br)cc1. The highest BCUT2D eigenvalue weighted by Crippen LogP contribution is 2.48. The van der Waals surface area contributed by atoms with Gasteiger partial charge in [0.15, 0.2) is 0 Å². The average Bonchev–Trinajstić information content (AvgIpc) is 2.97. The van der Waals surface area contributed by atoms with Gasteiger partial charge in [-0.15, -0.1) is 0 Å². The van der Waals surface area contributed by atoms with Gasteiger partial charge in [-0.3, -0.25) is 0 Å². The van der Waals surface area contributed by atoms with Crippen LogP contribution in [0.1, 0.15) is 37.7 Å². The molecule has 2 aliphatic rings. The van der Waals surface area contributed by atoms with Gasteiger partial charge in [-0.25, -0.2) is 0 Å². The molecule has 0 N–H and O–H groups in total. The Labute approximate surface area is 112 Å². The number of likely N-dealkylation sites (tertiary alicyclic amines) is 1. The molecular formula is C15H20BrN. The second-order valence-corrected chi connectivity index (χ2v) is 6.56. The summed E-state index contributed by atoms with van der Waals surface area (Å²) in [5, 5.41) is 0. The Bertz CT molecular complexity index is 386. The van der Waals surface area contributed by atoms with E-state index in [-0.39, 0.29) is 0 Å². The fourth-order valence-electron chi connectivity index (χ4n) is 3.13. The van der Waals surface area contributed by atoms with Crippen molar-refractivity contribution < 1.29 is 0 Å². The van der Waals surface area contributed by atoms with Crippen LogP contribution in [0.25, 0.3) is 0 Å². The van der Waals surface area contributed by atoms with Crippen molar-refractivity contribution in [3.05, 3.63) is 34.3 Å². The molecule has 3 atom stereocenters. The van der Waals surface area contributed by atoms with E-state index in [1.165, 1.54) is 42.4 Å². The van der Waals surface area contributed by atoms with Crippen molar-refractivity contribution in [1.29, 1.82) is 0 Å². The highest BCUT2D eigenvalue weighted by atomic mass is 79.9. The van der Waals surface area contributed by atoms with E-state index in [1.807, 2.05) is 0 Å². The lowest BCUT2D eigenvalue weighted by molar-refractivity contribution is 0.256. The number of hydrogen-bond acceptors (Lipinski definition) is 1. The van der Waals surface area contributed by atoms with Crippen molar-refractivity contribution >= 4 is 15.9 Å². The predicted molar refractivity (Wildman–Crippen MR) is 75.3 cm³/mol. The maximum atomic E-state index is 3.50. The fraction of sp³-hybridized carbons (Fsp3) is 0.600. The summed E-state index contributed by atoms with van der Waals surface area (Å²) in [4.78, 5) is 2.68. The molecule has 1 aromatic carbocycles. The van der Waals surface area contributed by atoms with Crippen LogP contribution in [0.5, 0.6) is 0 Å². The van der Waals surface area contributed by atoms with Gasteiger partial charge in [-0.2, -0.15) is 0 Å². The summed E-state index contributed by atoms with van der Waals surface area (Å²) < 4.78 is 1.19. The van der Waals surface area contributed by atoms with Crippen LogP contribution in [-0.2, 0) is 0 Å². The average molecular weight is 294 g/mol. The number of benzene rings is 1. The van der Waals surface area contributed by atoms with Gasteiger partial charge < -0.3 is 4.90 Å². The number of hydrogen-bond donors (Lipinski definition) is 0. The molecule has 0 radical (unpaired) electrons. The van der Waals surface area contributed by atoms with Crippen LogP contribution >= 0.6 is 15.9 Å². The minimum atomic E-state index is 0.821. The van der Waals surface area contributed by atoms with E-state index in [4.69, 9.17) is 0 Å². The first-order valence-electron chi connectivity index (χ1n) is 6.73. The van der Waals surface area contributed by atoms with Crippen molar-refractivity contribution in [1.82, 2.24) is 4.90 Å². The summed E-state index contributed by atoms with van der Waals surface area (Å²) >= 11 is 3.50. The zero-order chi connectivity index (χ0) is 11.8. The lowest BCUT2D eigenvalue weighted by Crippen LogP contribution is -2.29. The molecule has 1 saturated carbocycles. The Hall–Kier alpha value is -0.340. The number of rotatable bonds is 3. The lowest BCUT2D eigenvalue weighted by atomic mass is 10.1. The summed E-state index contributed by atoms with van der Waals surface area (Å²) in [7, 11) is 0. The molecule has 0 bridgehead atoms. The monoisotopic (exact) mass is 293 g/mol. The lowest BCUT2D eigenvalue weighted by Gasteiger charge is -2.20. The number of halogens is 1. The summed E-state index contributed by atoms with van der Waals surface area (Å²) in [5.41, 5.74) is 1.53. The van der Waals surface area contributed by atoms with E-state index in [0.29, 0.717) is 0 Å². The molecule has 1 aliphatic heterocycles. The molecule has 1 nitrogen and oxygen atoms in total. The van der Waals surface area contributed by atoms with Gasteiger partial charge in [0, 0.05) is 17.1 Å². The van der Waals surface area contributed by atoms with Crippen LogP contribution in [0, 0.1) is 5.92 Å². The third-order valence-corrected chi connectivity index (χ3v) is 4.91. The van der Waals surface area contributed by atoms with Crippen molar-refractivity contribution in [3.8, 4) is 0 Å². The van der Waals surface area contributed by atoms with Crippen molar-refractivity contribution in [2.75, 3.05) is 13.1 Å². The third kappa shape index (κ3) is 2.58. The standard InChI is InChI=1S/C15H20BrN/c1-11-3-2-8-17(11)10-13-9-15(13)12-4-6-14(16)7-5-12/h4-7,11,13,15H,2-3,8-10H2,1H3/t11?,13-,15-/m1/s1. The molecule has 1 saturated heterocycles. The zero-order valence-electron chi connectivity index (χ0n) is 10.4. The summed E-state index contributed by atoms with van der Waals surface area (Å²) in [5.74, 6) is 1.74. The molecule has 92 valence electrons. The molecule has 1 aliphatic carbocycles. The van der Waals surface area contributed by atoms with Gasteiger partial charge >= 0.3 is 0 Å². The minimum Gasteiger partial charge on any atom is -0.300 e. The predicted octanol–water partition coefficient (Wildman–Crippen LogP) is 4.04. The van der Waals surface area contributed by atoms with Gasteiger partial charge in [0.2, 0.25) is 0 Å². The molecule has 1 aromatic rings. The Morgan fingerprint density at radius 1 is 1.29 bits per heavy atom. The molecule has 1 unspecified atom stereocenters. The maximum absolute atomic E-state index is 3.50. The summed E-state index contributed by atoms with van der Waals surface area (Å²) in [6, 6.07) is 9.72. The Kier molecular flexibility index (Phi) is 3.27. The highest BCUT2D eigenvalue weighted by Gasteiger charge is 2.40. The second kappa shape index (κ2) is 4.74. The van der Waals surface area contributed by atoms with Crippen LogP contribution < -0.4 is 0 Å². The Morgan fingerprint density at radius 3 is 2.71 bits per heavy atom. The largest absolute Gasteiger partial charge is 0.300 e. The van der Waals surface area contributed by atoms with Gasteiger partial charge in [-0.1, -0.05) is 28.1 Å². The quantitative estimate of drug-likeness (QED) is 0.813. The Balaban J connectivity index is 1.57. The van der Waals surface area contributed by atoms with Gasteiger partial charge in [0.05, 0.1) is 0 Å². The smallest absolute Gasteiger partial charge is 0.0175 e. The Morgan fingerprint density at radius 2 is 2.06 bits per heavy atom. The molecular weight excluding hydrogens is 274 g/mol. The topological polar surface area (TPSA) is 3.24 Å². The van der Waals surface area contributed by atoms with E-state index in [2.05, 4.69) is 52.0 Å². The first kappa shape index (κ1) is 11.7. The van der Waals surface area contributed by atoms with E-state index < -0.39 is 0 Å². The second-order valence-electron chi connectivity index (χ2n) is 5.64. The van der Waals surface area contributed by atoms with Gasteiger partial charge in [0.25, 0.3) is 0 Å². The maximum Gasteiger partial charge on any atom is 0.0175 e. The highest BCUT2D eigenvalue weighted by molar-refractivity contribution is 9.10. The van der Waals surface area contributed by atoms with E-state index in [9.17, 15) is 0 Å². The van der Waals surface area contributed by atoms with Gasteiger partial charge in [-0.05, 0) is 62.3 Å². The third-order valence-electron chi connectivity index (χ3n) is 4.38. The van der Waals surface area contributed by atoms with Crippen LogP contribution in [0.2, 0.25) is 0 Å². The van der Waals surface area contributed by atoms with E-state index in [1.54, 1.807) is 0 Å². The fourth-order valence-corrected chi connectivity index (χ4v) is 3.40. The molecule has 0 amide bonds. The van der Waals surface area contributed by atoms with Crippen LogP contribution in [0.3, 0.4) is 0 Å². The zero-order valence-corrected chi connectivity index (χ0v) is 12.0. The summed E-state index contributed by atoms with van der Waals surface area (Å²) in [6.07, 6.45) is 4.19. The van der Waals surface area contributed by atoms with Crippen molar-refractivity contribution in [2.24, 2.45) is 5.92 Å². The first-order chi connectivity index (χ1) is 8.24. The van der Waals surface area contributed by atoms with Crippen LogP contribution in [0.4, 0.5) is 0 Å². The van der Waals surface area contributed by atoms with Crippen LogP contribution in [-0.4, -0.2) is 24.0 Å². The van der Waals surface area contributed by atoms with Gasteiger partial charge in [0.1, 0.15) is 0 Å². The van der Waals surface area contributed by atoms with E-state index >= 15 is 0 Å². The van der Waals surface area contributed by atoms with Crippen LogP contribution in [0.15, 0.2) is 28.7 Å². The molecule has 0 spiro atoms. The molecule has 17 heavy (non-hydrogen) atoms. The van der Waals surface area contributed by atoms with E-state index in [0.717, 1.165) is 17.9 Å². The first-order valence-corrected chi connectivity index (χ1v) is 7.53. The molecule has 2 heteroatoms. The minimum absolute atomic E-state index is 0.821.